The molecule has 0 fully saturated rings. The van der Waals surface area contributed by atoms with Crippen molar-refractivity contribution in [3.8, 4) is 11.1 Å². The van der Waals surface area contributed by atoms with Gasteiger partial charge in [0, 0.05) is 11.3 Å². The highest BCUT2D eigenvalue weighted by Crippen LogP contribution is 2.38. The number of benzene rings is 2. The summed E-state index contributed by atoms with van der Waals surface area (Å²) < 4.78 is 57.8. The molecule has 0 amide bonds. The lowest BCUT2D eigenvalue weighted by atomic mass is 9.91. The third kappa shape index (κ3) is 3.03. The summed E-state index contributed by atoms with van der Waals surface area (Å²) in [5.41, 5.74) is 0.794. The molecule has 0 unspecified atom stereocenters. The van der Waals surface area contributed by atoms with Crippen LogP contribution >= 0.6 is 0 Å². The first-order chi connectivity index (χ1) is 10.7. The number of rotatable bonds is 1. The SMILES string of the molecule is CC1(C)OCNc2ccc(-c3cc(F)cc(C(F)(F)F)c3)cc21. The fraction of sp³-hybridized carbons (Fsp3) is 0.294. The van der Waals surface area contributed by atoms with E-state index in [9.17, 15) is 17.6 Å². The molecule has 122 valence electrons. The van der Waals surface area contributed by atoms with E-state index in [1.54, 1.807) is 18.2 Å². The number of hydrogen-bond donors (Lipinski definition) is 1. The van der Waals surface area contributed by atoms with E-state index in [1.165, 1.54) is 0 Å². The van der Waals surface area contributed by atoms with Gasteiger partial charge in [-0.2, -0.15) is 13.2 Å². The molecule has 0 saturated carbocycles. The van der Waals surface area contributed by atoms with Gasteiger partial charge >= 0.3 is 6.18 Å². The number of fused-ring (bicyclic) bond motifs is 1. The average Bonchev–Trinajstić information content (AvgIpc) is 2.45. The van der Waals surface area contributed by atoms with E-state index in [2.05, 4.69) is 5.32 Å². The zero-order valence-corrected chi connectivity index (χ0v) is 12.6. The van der Waals surface area contributed by atoms with Gasteiger partial charge in [-0.3, -0.25) is 0 Å². The number of halogens is 4. The lowest BCUT2D eigenvalue weighted by molar-refractivity contribution is -0.137. The lowest BCUT2D eigenvalue weighted by Crippen LogP contribution is -2.31. The number of ether oxygens (including phenoxy) is 1. The summed E-state index contributed by atoms with van der Waals surface area (Å²) in [5.74, 6) is -0.916. The normalized spacial score (nSPS) is 16.6. The molecule has 23 heavy (non-hydrogen) atoms. The second-order valence-electron chi connectivity index (χ2n) is 5.96. The molecular weight excluding hydrogens is 310 g/mol. The molecular formula is C17H15F4NO. The number of hydrogen-bond acceptors (Lipinski definition) is 2. The van der Waals surface area contributed by atoms with Gasteiger partial charge in [0.1, 0.15) is 12.5 Å². The van der Waals surface area contributed by atoms with Gasteiger partial charge in [0.05, 0.1) is 11.2 Å². The Balaban J connectivity index is 2.12. The van der Waals surface area contributed by atoms with Gasteiger partial charge in [0.15, 0.2) is 0 Å². The first-order valence-corrected chi connectivity index (χ1v) is 7.07. The molecule has 0 aliphatic carbocycles. The van der Waals surface area contributed by atoms with Crippen LogP contribution in [0.3, 0.4) is 0 Å². The summed E-state index contributed by atoms with van der Waals surface area (Å²) in [6.07, 6.45) is -4.59. The van der Waals surface area contributed by atoms with Crippen LogP contribution in [0.1, 0.15) is 25.0 Å². The number of anilines is 1. The molecule has 0 atom stereocenters. The maximum Gasteiger partial charge on any atom is 0.416 e. The van der Waals surface area contributed by atoms with Crippen LogP contribution in [0.15, 0.2) is 36.4 Å². The third-order valence-electron chi connectivity index (χ3n) is 3.92. The third-order valence-corrected chi connectivity index (χ3v) is 3.92. The zero-order chi connectivity index (χ0) is 16.8. The summed E-state index contributed by atoms with van der Waals surface area (Å²) in [6.45, 7) is 4.11. The highest BCUT2D eigenvalue weighted by atomic mass is 19.4. The zero-order valence-electron chi connectivity index (χ0n) is 12.6. The van der Waals surface area contributed by atoms with Gasteiger partial charge in [0.2, 0.25) is 0 Å². The molecule has 0 saturated heterocycles. The molecule has 0 radical (unpaired) electrons. The fourth-order valence-electron chi connectivity index (χ4n) is 2.67. The highest BCUT2D eigenvalue weighted by Gasteiger charge is 2.32. The quantitative estimate of drug-likeness (QED) is 0.733. The van der Waals surface area contributed by atoms with E-state index in [4.69, 9.17) is 4.74 Å². The molecule has 0 spiro atoms. The molecule has 6 heteroatoms. The van der Waals surface area contributed by atoms with Gasteiger partial charge in [-0.15, -0.1) is 0 Å². The van der Waals surface area contributed by atoms with Crippen molar-refractivity contribution < 1.29 is 22.3 Å². The molecule has 1 heterocycles. The Morgan fingerprint density at radius 1 is 1.04 bits per heavy atom. The molecule has 0 bridgehead atoms. The first kappa shape index (κ1) is 15.8. The van der Waals surface area contributed by atoms with Crippen LogP contribution in [0.2, 0.25) is 0 Å². The van der Waals surface area contributed by atoms with Crippen LogP contribution in [-0.4, -0.2) is 6.73 Å². The smallest absolute Gasteiger partial charge is 0.362 e. The van der Waals surface area contributed by atoms with Crippen LogP contribution in [0.4, 0.5) is 23.2 Å². The van der Waals surface area contributed by atoms with Gasteiger partial charge in [0.25, 0.3) is 0 Å². The van der Waals surface area contributed by atoms with Crippen LogP contribution < -0.4 is 5.32 Å². The molecule has 3 rings (SSSR count). The van der Waals surface area contributed by atoms with Gasteiger partial charge in [-0.25, -0.2) is 4.39 Å². The van der Waals surface area contributed by atoms with Crippen molar-refractivity contribution in [2.24, 2.45) is 0 Å². The molecule has 0 aromatic heterocycles. The number of nitrogens with one attached hydrogen (secondary N) is 1. The van der Waals surface area contributed by atoms with Crippen molar-refractivity contribution in [1.29, 1.82) is 0 Å². The average molecular weight is 325 g/mol. The summed E-state index contributed by atoms with van der Waals surface area (Å²) >= 11 is 0. The maximum absolute atomic E-state index is 13.6. The van der Waals surface area contributed by atoms with E-state index in [0.717, 1.165) is 23.4 Å². The summed E-state index contributed by atoms with van der Waals surface area (Å²) in [6, 6.07) is 7.72. The highest BCUT2D eigenvalue weighted by molar-refractivity contribution is 5.70. The van der Waals surface area contributed by atoms with Crippen molar-refractivity contribution in [2.45, 2.75) is 25.6 Å². The monoisotopic (exact) mass is 325 g/mol. The largest absolute Gasteiger partial charge is 0.416 e. The predicted molar refractivity (Wildman–Crippen MR) is 79.4 cm³/mol. The summed E-state index contributed by atoms with van der Waals surface area (Å²) in [4.78, 5) is 0. The first-order valence-electron chi connectivity index (χ1n) is 7.07. The summed E-state index contributed by atoms with van der Waals surface area (Å²) in [7, 11) is 0. The second-order valence-corrected chi connectivity index (χ2v) is 5.96. The van der Waals surface area contributed by atoms with E-state index in [-0.39, 0.29) is 5.56 Å². The second kappa shape index (κ2) is 5.23. The van der Waals surface area contributed by atoms with Crippen molar-refractivity contribution in [3.05, 3.63) is 53.3 Å². The van der Waals surface area contributed by atoms with E-state index in [0.29, 0.717) is 18.4 Å². The molecule has 2 nitrogen and oxygen atoms in total. The van der Waals surface area contributed by atoms with Crippen molar-refractivity contribution in [3.63, 3.8) is 0 Å². The van der Waals surface area contributed by atoms with E-state index in [1.807, 2.05) is 13.8 Å². The Bertz CT molecular complexity index is 753. The Labute approximate surface area is 131 Å². The van der Waals surface area contributed by atoms with Gasteiger partial charge in [-0.05, 0) is 55.3 Å². The maximum atomic E-state index is 13.6. The Morgan fingerprint density at radius 2 is 1.78 bits per heavy atom. The van der Waals surface area contributed by atoms with Crippen LogP contribution in [0.5, 0.6) is 0 Å². The van der Waals surface area contributed by atoms with Crippen LogP contribution in [-0.2, 0) is 16.5 Å². The number of alkyl halides is 3. The van der Waals surface area contributed by atoms with Crippen LogP contribution in [0.25, 0.3) is 11.1 Å². The summed E-state index contributed by atoms with van der Waals surface area (Å²) in [5, 5.41) is 3.07. The van der Waals surface area contributed by atoms with Crippen LogP contribution in [0, 0.1) is 5.82 Å². The molecule has 1 aliphatic rings. The van der Waals surface area contributed by atoms with Crippen molar-refractivity contribution in [2.75, 3.05) is 12.0 Å². The molecule has 2 aromatic rings. The van der Waals surface area contributed by atoms with E-state index >= 15 is 0 Å². The van der Waals surface area contributed by atoms with Crippen molar-refractivity contribution >= 4 is 5.69 Å². The minimum atomic E-state index is -4.59. The van der Waals surface area contributed by atoms with Gasteiger partial charge < -0.3 is 10.1 Å². The Kier molecular flexibility index (Phi) is 3.59. The van der Waals surface area contributed by atoms with Gasteiger partial charge in [-0.1, -0.05) is 6.07 Å². The molecule has 1 aliphatic heterocycles. The Hall–Kier alpha value is -2.08. The fourth-order valence-corrected chi connectivity index (χ4v) is 2.67. The minimum Gasteiger partial charge on any atom is -0.362 e. The predicted octanol–water partition coefficient (Wildman–Crippen LogP) is 5.15. The molecule has 2 aromatic carbocycles. The minimum absolute atomic E-state index is 0.182. The lowest BCUT2D eigenvalue weighted by Gasteiger charge is -2.34. The topological polar surface area (TPSA) is 21.3 Å². The standard InChI is InChI=1S/C17H15F4NO/c1-16(2)14-7-10(3-4-15(14)22-9-23-16)11-5-12(17(19,20)21)8-13(18)6-11/h3-8,22H,9H2,1-2H3. The van der Waals surface area contributed by atoms with E-state index < -0.39 is 23.2 Å². The molecule has 1 N–H and O–H groups in total. The van der Waals surface area contributed by atoms with Crippen molar-refractivity contribution in [1.82, 2.24) is 0 Å². The Morgan fingerprint density at radius 3 is 2.48 bits per heavy atom.